The molecule has 2 atom stereocenters. The van der Waals surface area contributed by atoms with E-state index < -0.39 is 0 Å². The van der Waals surface area contributed by atoms with Gasteiger partial charge in [0.2, 0.25) is 0 Å². The van der Waals surface area contributed by atoms with Gasteiger partial charge in [-0.15, -0.1) is 0 Å². The summed E-state index contributed by atoms with van der Waals surface area (Å²) in [6.45, 7) is 2.29. The molecule has 2 unspecified atom stereocenters. The summed E-state index contributed by atoms with van der Waals surface area (Å²) < 4.78 is 0. The number of nitrogens with two attached hydrogens (primary N) is 1. The molecule has 4 nitrogen and oxygen atoms in total. The third-order valence-corrected chi connectivity index (χ3v) is 4.82. The lowest BCUT2D eigenvalue weighted by Gasteiger charge is -2.20. The van der Waals surface area contributed by atoms with Gasteiger partial charge >= 0.3 is 0 Å². The Morgan fingerprint density at radius 3 is 2.79 bits per heavy atom. The highest BCUT2D eigenvalue weighted by atomic mass is 15.3. The number of nitrogens with zero attached hydrogens (tertiary/aromatic N) is 2. The molecule has 0 aromatic carbocycles. The maximum absolute atomic E-state index is 5.65. The maximum atomic E-state index is 5.65. The quantitative estimate of drug-likeness (QED) is 0.648. The second-order valence-corrected chi connectivity index (χ2v) is 5.99. The highest BCUT2D eigenvalue weighted by Crippen LogP contribution is 2.39. The van der Waals surface area contributed by atoms with Gasteiger partial charge in [0.1, 0.15) is 11.6 Å². The number of anilines is 1. The molecule has 0 bridgehead atoms. The number of hydrogen-bond acceptors (Lipinski definition) is 4. The van der Waals surface area contributed by atoms with E-state index in [-0.39, 0.29) is 0 Å². The summed E-state index contributed by atoms with van der Waals surface area (Å²) in [5.74, 6) is 8.97. The molecular formula is C15H24N4. The largest absolute Gasteiger partial charge is 0.308 e. The maximum Gasteiger partial charge on any atom is 0.147 e. The Morgan fingerprint density at radius 1 is 1.21 bits per heavy atom. The molecule has 1 aromatic rings. The number of fused-ring (bicyclic) bond motifs is 1. The van der Waals surface area contributed by atoms with Crippen LogP contribution in [0.5, 0.6) is 0 Å². The first-order chi connectivity index (χ1) is 9.31. The fourth-order valence-corrected chi connectivity index (χ4v) is 3.60. The number of hydrogen-bond donors (Lipinski definition) is 2. The molecule has 0 radical (unpaired) electrons. The van der Waals surface area contributed by atoms with Gasteiger partial charge in [-0.1, -0.05) is 13.3 Å². The fourth-order valence-electron chi connectivity index (χ4n) is 3.60. The Balaban J connectivity index is 1.90. The zero-order valence-corrected chi connectivity index (χ0v) is 11.8. The first-order valence-corrected chi connectivity index (χ1v) is 7.68. The second kappa shape index (κ2) is 5.45. The van der Waals surface area contributed by atoms with Crippen LogP contribution in [0.1, 0.15) is 68.4 Å². The van der Waals surface area contributed by atoms with Crippen molar-refractivity contribution in [3.05, 3.63) is 17.1 Å². The van der Waals surface area contributed by atoms with Crippen molar-refractivity contribution >= 4 is 5.82 Å². The van der Waals surface area contributed by atoms with Crippen molar-refractivity contribution in [1.82, 2.24) is 9.97 Å². The number of hydrazine groups is 1. The standard InChI is InChI=1S/C15H24N4/c1-2-10-7-8-11(9-10)14-17-13-6-4-3-5-12(13)15(18-14)19-16/h10-11H,2-9,16H2,1H3,(H,17,18,19). The smallest absolute Gasteiger partial charge is 0.147 e. The van der Waals surface area contributed by atoms with E-state index in [4.69, 9.17) is 15.8 Å². The van der Waals surface area contributed by atoms with Crippen molar-refractivity contribution < 1.29 is 0 Å². The molecule has 1 heterocycles. The van der Waals surface area contributed by atoms with Crippen LogP contribution in [-0.4, -0.2) is 9.97 Å². The molecule has 3 rings (SSSR count). The summed E-state index contributed by atoms with van der Waals surface area (Å²) in [7, 11) is 0. The number of aryl methyl sites for hydroxylation is 1. The zero-order valence-electron chi connectivity index (χ0n) is 11.8. The number of aromatic nitrogens is 2. The molecule has 0 amide bonds. The Kier molecular flexibility index (Phi) is 3.69. The van der Waals surface area contributed by atoms with E-state index >= 15 is 0 Å². The van der Waals surface area contributed by atoms with Crippen LogP contribution in [-0.2, 0) is 12.8 Å². The lowest BCUT2D eigenvalue weighted by molar-refractivity contribution is 0.515. The predicted molar refractivity (Wildman–Crippen MR) is 76.9 cm³/mol. The molecule has 0 spiro atoms. The predicted octanol–water partition coefficient (Wildman–Crippen LogP) is 2.93. The normalized spacial score (nSPS) is 26.2. The molecule has 2 aliphatic carbocycles. The minimum atomic E-state index is 0.546. The van der Waals surface area contributed by atoms with Crippen LogP contribution in [0.4, 0.5) is 5.82 Å². The van der Waals surface area contributed by atoms with Crippen LogP contribution in [0.15, 0.2) is 0 Å². The summed E-state index contributed by atoms with van der Waals surface area (Å²) >= 11 is 0. The first-order valence-electron chi connectivity index (χ1n) is 7.68. The van der Waals surface area contributed by atoms with Crippen molar-refractivity contribution in [3.8, 4) is 0 Å². The van der Waals surface area contributed by atoms with Gasteiger partial charge in [0.05, 0.1) is 0 Å². The topological polar surface area (TPSA) is 63.8 Å². The van der Waals surface area contributed by atoms with Crippen LogP contribution < -0.4 is 11.3 Å². The molecule has 3 N–H and O–H groups in total. The molecule has 4 heteroatoms. The minimum Gasteiger partial charge on any atom is -0.308 e. The van der Waals surface area contributed by atoms with Gasteiger partial charge in [-0.3, -0.25) is 0 Å². The second-order valence-electron chi connectivity index (χ2n) is 5.99. The summed E-state index contributed by atoms with van der Waals surface area (Å²) in [4.78, 5) is 9.57. The van der Waals surface area contributed by atoms with Gasteiger partial charge in [0, 0.05) is 17.2 Å². The first kappa shape index (κ1) is 12.9. The lowest BCUT2D eigenvalue weighted by atomic mass is 9.95. The Labute approximate surface area is 115 Å². The summed E-state index contributed by atoms with van der Waals surface area (Å²) in [5.41, 5.74) is 5.29. The molecule has 19 heavy (non-hydrogen) atoms. The van der Waals surface area contributed by atoms with Crippen molar-refractivity contribution in [2.75, 3.05) is 5.43 Å². The number of rotatable bonds is 3. The van der Waals surface area contributed by atoms with Crippen LogP contribution in [0, 0.1) is 5.92 Å². The van der Waals surface area contributed by atoms with Crippen LogP contribution in [0.2, 0.25) is 0 Å². The average molecular weight is 260 g/mol. The molecular weight excluding hydrogens is 236 g/mol. The van der Waals surface area contributed by atoms with E-state index in [2.05, 4.69) is 12.3 Å². The Hall–Kier alpha value is -1.16. The van der Waals surface area contributed by atoms with Gasteiger partial charge in [0.25, 0.3) is 0 Å². The van der Waals surface area contributed by atoms with E-state index in [9.17, 15) is 0 Å². The van der Waals surface area contributed by atoms with Crippen molar-refractivity contribution in [2.24, 2.45) is 11.8 Å². The summed E-state index contributed by atoms with van der Waals surface area (Å²) in [6, 6.07) is 0. The van der Waals surface area contributed by atoms with Crippen molar-refractivity contribution in [1.29, 1.82) is 0 Å². The van der Waals surface area contributed by atoms with E-state index in [1.54, 1.807) is 0 Å². The van der Waals surface area contributed by atoms with Gasteiger partial charge in [-0.2, -0.15) is 0 Å². The van der Waals surface area contributed by atoms with E-state index in [0.717, 1.165) is 30.4 Å². The molecule has 0 aliphatic heterocycles. The third kappa shape index (κ3) is 2.46. The van der Waals surface area contributed by atoms with Crippen molar-refractivity contribution in [3.63, 3.8) is 0 Å². The van der Waals surface area contributed by atoms with E-state index in [1.807, 2.05) is 0 Å². The number of nitrogen functional groups attached to an aromatic ring is 1. The average Bonchev–Trinajstić information content (AvgIpc) is 2.95. The summed E-state index contributed by atoms with van der Waals surface area (Å²) in [5, 5.41) is 0. The van der Waals surface area contributed by atoms with Gasteiger partial charge in [-0.05, 0) is 50.9 Å². The van der Waals surface area contributed by atoms with Crippen LogP contribution in [0.3, 0.4) is 0 Å². The molecule has 2 aliphatic rings. The Morgan fingerprint density at radius 2 is 2.05 bits per heavy atom. The summed E-state index contributed by atoms with van der Waals surface area (Å²) in [6.07, 6.45) is 9.72. The SMILES string of the molecule is CCC1CCC(c2nc3c(c(NN)n2)CCCC3)C1. The molecule has 104 valence electrons. The van der Waals surface area contributed by atoms with Crippen LogP contribution in [0.25, 0.3) is 0 Å². The van der Waals surface area contributed by atoms with Gasteiger partial charge in [-0.25, -0.2) is 15.8 Å². The van der Waals surface area contributed by atoms with E-state index in [0.29, 0.717) is 5.92 Å². The lowest BCUT2D eigenvalue weighted by Crippen LogP contribution is -2.18. The highest BCUT2D eigenvalue weighted by molar-refractivity contribution is 5.47. The monoisotopic (exact) mass is 260 g/mol. The molecule has 1 saturated carbocycles. The molecule has 1 fully saturated rings. The highest BCUT2D eigenvalue weighted by Gasteiger charge is 2.28. The van der Waals surface area contributed by atoms with E-state index in [1.165, 1.54) is 49.8 Å². The van der Waals surface area contributed by atoms with Gasteiger partial charge < -0.3 is 5.43 Å². The third-order valence-electron chi connectivity index (χ3n) is 4.82. The fraction of sp³-hybridized carbons (Fsp3) is 0.733. The Bertz CT molecular complexity index is 440. The minimum absolute atomic E-state index is 0.546. The number of nitrogens with one attached hydrogen (secondary N) is 1. The zero-order chi connectivity index (χ0) is 13.2. The molecule has 1 aromatic heterocycles. The van der Waals surface area contributed by atoms with Gasteiger partial charge in [0.15, 0.2) is 0 Å². The molecule has 0 saturated heterocycles. The van der Waals surface area contributed by atoms with Crippen molar-refractivity contribution in [2.45, 2.75) is 64.2 Å². The van der Waals surface area contributed by atoms with Crippen LogP contribution >= 0.6 is 0 Å².